The van der Waals surface area contributed by atoms with Gasteiger partial charge in [0.1, 0.15) is 12.4 Å². The van der Waals surface area contributed by atoms with E-state index in [-0.39, 0.29) is 0 Å². The summed E-state index contributed by atoms with van der Waals surface area (Å²) in [5.41, 5.74) is 1.97. The second-order valence-electron chi connectivity index (χ2n) is 4.90. The zero-order chi connectivity index (χ0) is 14.4. The zero-order valence-electron chi connectivity index (χ0n) is 11.8. The standard InChI is InChI=1S/C16H19ClN2O/c1-12(2)19-10-13-9-14(17)6-7-16(13)20-11-15-5-3-4-8-18-15/h3-9,12,19H,10-11H2,1-2H3. The molecule has 1 aromatic carbocycles. The number of hydrogen-bond donors (Lipinski definition) is 1. The van der Waals surface area contributed by atoms with Crippen molar-refractivity contribution >= 4 is 11.6 Å². The fourth-order valence-corrected chi connectivity index (χ4v) is 1.97. The summed E-state index contributed by atoms with van der Waals surface area (Å²) in [4.78, 5) is 4.25. The third-order valence-corrected chi connectivity index (χ3v) is 3.06. The largest absolute Gasteiger partial charge is 0.487 e. The van der Waals surface area contributed by atoms with Crippen LogP contribution in [0.2, 0.25) is 5.02 Å². The van der Waals surface area contributed by atoms with Gasteiger partial charge >= 0.3 is 0 Å². The van der Waals surface area contributed by atoms with Crippen molar-refractivity contribution in [3.63, 3.8) is 0 Å². The number of benzene rings is 1. The van der Waals surface area contributed by atoms with Gasteiger partial charge in [0.2, 0.25) is 0 Å². The molecule has 1 heterocycles. The van der Waals surface area contributed by atoms with Gasteiger partial charge in [-0.3, -0.25) is 4.98 Å². The molecular formula is C16H19ClN2O. The Balaban J connectivity index is 2.06. The Hall–Kier alpha value is -1.58. The van der Waals surface area contributed by atoms with Crippen molar-refractivity contribution in [1.82, 2.24) is 10.3 Å². The normalized spacial score (nSPS) is 10.8. The molecule has 0 aliphatic rings. The van der Waals surface area contributed by atoms with Crippen LogP contribution >= 0.6 is 11.6 Å². The van der Waals surface area contributed by atoms with E-state index in [0.29, 0.717) is 12.6 Å². The molecule has 106 valence electrons. The monoisotopic (exact) mass is 290 g/mol. The second kappa shape index (κ2) is 7.27. The molecule has 2 aromatic rings. The summed E-state index contributed by atoms with van der Waals surface area (Å²) in [6.07, 6.45) is 1.77. The van der Waals surface area contributed by atoms with Crippen molar-refractivity contribution in [3.05, 3.63) is 58.9 Å². The number of nitrogens with one attached hydrogen (secondary N) is 1. The zero-order valence-corrected chi connectivity index (χ0v) is 12.5. The summed E-state index contributed by atoms with van der Waals surface area (Å²) in [6.45, 7) is 5.41. The van der Waals surface area contributed by atoms with Gasteiger partial charge < -0.3 is 10.1 Å². The molecule has 1 N–H and O–H groups in total. The lowest BCUT2D eigenvalue weighted by atomic mass is 10.2. The minimum absolute atomic E-state index is 0.414. The molecule has 0 spiro atoms. The van der Waals surface area contributed by atoms with E-state index in [1.54, 1.807) is 6.20 Å². The lowest BCUT2D eigenvalue weighted by Crippen LogP contribution is -2.22. The van der Waals surface area contributed by atoms with E-state index in [1.165, 1.54) is 0 Å². The van der Waals surface area contributed by atoms with E-state index >= 15 is 0 Å². The molecule has 0 atom stereocenters. The Kier molecular flexibility index (Phi) is 5.39. The van der Waals surface area contributed by atoms with E-state index in [4.69, 9.17) is 16.3 Å². The highest BCUT2D eigenvalue weighted by atomic mass is 35.5. The Morgan fingerprint density at radius 1 is 1.25 bits per heavy atom. The number of rotatable bonds is 6. The molecule has 0 radical (unpaired) electrons. The van der Waals surface area contributed by atoms with Crippen molar-refractivity contribution in [3.8, 4) is 5.75 Å². The van der Waals surface area contributed by atoms with Crippen molar-refractivity contribution in [2.45, 2.75) is 33.0 Å². The van der Waals surface area contributed by atoms with E-state index in [9.17, 15) is 0 Å². The third-order valence-electron chi connectivity index (χ3n) is 2.82. The number of aromatic nitrogens is 1. The van der Waals surface area contributed by atoms with E-state index in [1.807, 2.05) is 36.4 Å². The molecule has 3 nitrogen and oxygen atoms in total. The van der Waals surface area contributed by atoms with E-state index in [2.05, 4.69) is 24.1 Å². The molecule has 0 bridgehead atoms. The molecule has 0 aliphatic heterocycles. The van der Waals surface area contributed by atoms with Crippen LogP contribution in [-0.4, -0.2) is 11.0 Å². The van der Waals surface area contributed by atoms with Crippen LogP contribution in [-0.2, 0) is 13.2 Å². The first-order chi connectivity index (χ1) is 9.65. The number of hydrogen-bond acceptors (Lipinski definition) is 3. The van der Waals surface area contributed by atoms with Gasteiger partial charge in [-0.05, 0) is 30.3 Å². The molecule has 0 unspecified atom stereocenters. The average molecular weight is 291 g/mol. The summed E-state index contributed by atoms with van der Waals surface area (Å²) in [5, 5.41) is 4.09. The Morgan fingerprint density at radius 3 is 2.80 bits per heavy atom. The van der Waals surface area contributed by atoms with Crippen LogP contribution in [0, 0.1) is 0 Å². The first kappa shape index (κ1) is 14.8. The van der Waals surface area contributed by atoms with Crippen LogP contribution in [0.1, 0.15) is 25.1 Å². The highest BCUT2D eigenvalue weighted by Crippen LogP contribution is 2.23. The summed E-state index contributed by atoms with van der Waals surface area (Å²) in [6, 6.07) is 11.9. The summed E-state index contributed by atoms with van der Waals surface area (Å²) < 4.78 is 5.85. The number of pyridine rings is 1. The Morgan fingerprint density at radius 2 is 2.10 bits per heavy atom. The number of nitrogens with zero attached hydrogens (tertiary/aromatic N) is 1. The van der Waals surface area contributed by atoms with Crippen LogP contribution in [0.3, 0.4) is 0 Å². The lowest BCUT2D eigenvalue weighted by molar-refractivity contribution is 0.297. The molecule has 0 saturated carbocycles. The van der Waals surface area contributed by atoms with Crippen LogP contribution in [0.25, 0.3) is 0 Å². The van der Waals surface area contributed by atoms with Gasteiger partial charge in [0, 0.05) is 29.4 Å². The first-order valence-electron chi connectivity index (χ1n) is 6.69. The molecule has 1 aromatic heterocycles. The molecule has 0 amide bonds. The van der Waals surface area contributed by atoms with Crippen LogP contribution in [0.4, 0.5) is 0 Å². The molecule has 0 aliphatic carbocycles. The number of halogens is 1. The average Bonchev–Trinajstić information content (AvgIpc) is 2.45. The van der Waals surface area contributed by atoms with Crippen molar-refractivity contribution < 1.29 is 4.74 Å². The quantitative estimate of drug-likeness (QED) is 0.878. The molecular weight excluding hydrogens is 272 g/mol. The molecule has 0 fully saturated rings. The summed E-state index contributed by atoms with van der Waals surface area (Å²) in [5.74, 6) is 0.841. The van der Waals surface area contributed by atoms with Gasteiger partial charge in [0.15, 0.2) is 0 Å². The third kappa shape index (κ3) is 4.51. The first-order valence-corrected chi connectivity index (χ1v) is 7.07. The predicted molar refractivity (Wildman–Crippen MR) is 82.0 cm³/mol. The van der Waals surface area contributed by atoms with Crippen molar-refractivity contribution in [2.75, 3.05) is 0 Å². The fraction of sp³-hybridized carbons (Fsp3) is 0.312. The topological polar surface area (TPSA) is 34.1 Å². The van der Waals surface area contributed by atoms with Crippen LogP contribution in [0.5, 0.6) is 5.75 Å². The fourth-order valence-electron chi connectivity index (χ4n) is 1.78. The smallest absolute Gasteiger partial charge is 0.130 e. The maximum absolute atomic E-state index is 6.05. The summed E-state index contributed by atoms with van der Waals surface area (Å²) in [7, 11) is 0. The van der Waals surface area contributed by atoms with E-state index < -0.39 is 0 Å². The Bertz CT molecular complexity index is 543. The molecule has 4 heteroatoms. The maximum Gasteiger partial charge on any atom is 0.130 e. The van der Waals surface area contributed by atoms with Crippen molar-refractivity contribution in [1.29, 1.82) is 0 Å². The Labute approximate surface area is 124 Å². The van der Waals surface area contributed by atoms with Gasteiger partial charge in [-0.1, -0.05) is 31.5 Å². The van der Waals surface area contributed by atoms with Crippen LogP contribution in [0.15, 0.2) is 42.6 Å². The second-order valence-corrected chi connectivity index (χ2v) is 5.33. The molecule has 0 saturated heterocycles. The minimum Gasteiger partial charge on any atom is -0.487 e. The predicted octanol–water partition coefficient (Wildman–Crippen LogP) is 3.81. The number of ether oxygens (including phenoxy) is 1. The van der Waals surface area contributed by atoms with Crippen molar-refractivity contribution in [2.24, 2.45) is 0 Å². The lowest BCUT2D eigenvalue weighted by Gasteiger charge is -2.14. The van der Waals surface area contributed by atoms with Gasteiger partial charge in [-0.2, -0.15) is 0 Å². The van der Waals surface area contributed by atoms with Crippen LogP contribution < -0.4 is 10.1 Å². The van der Waals surface area contributed by atoms with Gasteiger partial charge in [-0.15, -0.1) is 0 Å². The highest BCUT2D eigenvalue weighted by molar-refractivity contribution is 6.30. The molecule has 2 rings (SSSR count). The van der Waals surface area contributed by atoms with Gasteiger partial charge in [0.25, 0.3) is 0 Å². The van der Waals surface area contributed by atoms with E-state index in [0.717, 1.165) is 28.6 Å². The molecule has 20 heavy (non-hydrogen) atoms. The SMILES string of the molecule is CC(C)NCc1cc(Cl)ccc1OCc1ccccn1. The maximum atomic E-state index is 6.05. The summed E-state index contributed by atoms with van der Waals surface area (Å²) >= 11 is 6.05. The van der Waals surface area contributed by atoms with Gasteiger partial charge in [-0.25, -0.2) is 0 Å². The highest BCUT2D eigenvalue weighted by Gasteiger charge is 2.06. The van der Waals surface area contributed by atoms with Gasteiger partial charge in [0.05, 0.1) is 5.69 Å². The minimum atomic E-state index is 0.414.